The SMILES string of the molecule is NC(=O)c1ccc(N2CCN(C3CCC(c4cc5c(c(=O)[nH]4)CCCC5)C3)CC2)cn1. The Morgan fingerprint density at radius 3 is 2.65 bits per heavy atom. The van der Waals surface area contributed by atoms with Gasteiger partial charge in [0.25, 0.3) is 11.5 Å². The van der Waals surface area contributed by atoms with Crippen LogP contribution >= 0.6 is 0 Å². The largest absolute Gasteiger partial charge is 0.368 e. The number of hydrogen-bond acceptors (Lipinski definition) is 5. The summed E-state index contributed by atoms with van der Waals surface area (Å²) in [5.74, 6) is -0.0269. The predicted octanol–water partition coefficient (Wildman–Crippen LogP) is 2.21. The minimum absolute atomic E-state index is 0.153. The molecule has 2 atom stereocenters. The highest BCUT2D eigenvalue weighted by atomic mass is 16.1. The van der Waals surface area contributed by atoms with Gasteiger partial charge in [0.2, 0.25) is 0 Å². The van der Waals surface area contributed by atoms with Gasteiger partial charge in [-0.1, -0.05) is 0 Å². The number of aryl methyl sites for hydroxylation is 1. The molecule has 2 aromatic heterocycles. The minimum Gasteiger partial charge on any atom is -0.368 e. The van der Waals surface area contributed by atoms with Crippen LogP contribution in [0.2, 0.25) is 0 Å². The number of pyridine rings is 2. The molecule has 2 aromatic rings. The van der Waals surface area contributed by atoms with Gasteiger partial charge in [0.05, 0.1) is 11.9 Å². The van der Waals surface area contributed by atoms with E-state index in [4.69, 9.17) is 5.73 Å². The summed E-state index contributed by atoms with van der Waals surface area (Å²) in [5.41, 5.74) is 10.3. The maximum Gasteiger partial charge on any atom is 0.267 e. The van der Waals surface area contributed by atoms with Gasteiger partial charge in [-0.05, 0) is 68.7 Å². The number of piperazine rings is 1. The quantitative estimate of drug-likeness (QED) is 0.789. The maximum absolute atomic E-state index is 12.6. The standard InChI is InChI=1S/C24H31N5O2/c25-23(30)21-8-7-19(15-26-21)29-11-9-28(10-12-29)18-6-5-17(13-18)22-14-16-3-1-2-4-20(16)24(31)27-22/h7-8,14-15,17-18H,1-6,9-13H2,(H2,25,30)(H,27,31). The van der Waals surface area contributed by atoms with Crippen molar-refractivity contribution in [3.63, 3.8) is 0 Å². The average molecular weight is 422 g/mol. The molecular formula is C24H31N5O2. The number of carbonyl (C=O) groups is 1. The molecule has 2 unspecified atom stereocenters. The summed E-state index contributed by atoms with van der Waals surface area (Å²) in [6.45, 7) is 3.95. The number of hydrogen-bond donors (Lipinski definition) is 2. The number of carbonyl (C=O) groups excluding carboxylic acids is 1. The number of aromatic nitrogens is 2. The number of aromatic amines is 1. The third-order valence-electron chi connectivity index (χ3n) is 7.41. The van der Waals surface area contributed by atoms with Crippen molar-refractivity contribution >= 4 is 11.6 Å². The molecule has 3 heterocycles. The lowest BCUT2D eigenvalue weighted by Crippen LogP contribution is -2.49. The Labute approximate surface area is 182 Å². The highest BCUT2D eigenvalue weighted by Gasteiger charge is 2.33. The Bertz CT molecular complexity index is 1010. The van der Waals surface area contributed by atoms with Gasteiger partial charge in [-0.3, -0.25) is 14.5 Å². The zero-order valence-corrected chi connectivity index (χ0v) is 18.0. The first-order valence-electron chi connectivity index (χ1n) is 11.6. The van der Waals surface area contributed by atoms with Crippen LogP contribution in [0.5, 0.6) is 0 Å². The van der Waals surface area contributed by atoms with Crippen LogP contribution in [0.4, 0.5) is 5.69 Å². The molecule has 1 amide bonds. The highest BCUT2D eigenvalue weighted by molar-refractivity contribution is 5.90. The molecule has 1 aliphatic heterocycles. The van der Waals surface area contributed by atoms with E-state index in [-0.39, 0.29) is 5.56 Å². The van der Waals surface area contributed by atoms with Gasteiger partial charge in [-0.25, -0.2) is 4.98 Å². The van der Waals surface area contributed by atoms with E-state index < -0.39 is 5.91 Å². The zero-order chi connectivity index (χ0) is 21.4. The van der Waals surface area contributed by atoms with E-state index in [9.17, 15) is 9.59 Å². The lowest BCUT2D eigenvalue weighted by atomic mass is 9.90. The summed E-state index contributed by atoms with van der Waals surface area (Å²) >= 11 is 0. The molecule has 31 heavy (non-hydrogen) atoms. The van der Waals surface area contributed by atoms with Gasteiger partial charge in [0.1, 0.15) is 5.69 Å². The fourth-order valence-electron chi connectivity index (χ4n) is 5.63. The summed E-state index contributed by atoms with van der Waals surface area (Å²) in [6, 6.07) is 6.51. The number of nitrogens with two attached hydrogens (primary N) is 1. The van der Waals surface area contributed by atoms with Crippen molar-refractivity contribution in [1.29, 1.82) is 0 Å². The van der Waals surface area contributed by atoms with Crippen molar-refractivity contribution in [1.82, 2.24) is 14.9 Å². The number of primary amides is 1. The first kappa shape index (κ1) is 20.2. The molecule has 1 saturated heterocycles. The second-order valence-corrected chi connectivity index (χ2v) is 9.22. The summed E-state index contributed by atoms with van der Waals surface area (Å²) in [6.07, 6.45) is 9.55. The molecule has 1 saturated carbocycles. The lowest BCUT2D eigenvalue weighted by Gasteiger charge is -2.39. The van der Waals surface area contributed by atoms with E-state index in [0.29, 0.717) is 17.7 Å². The molecule has 164 valence electrons. The number of anilines is 1. The first-order chi connectivity index (χ1) is 15.1. The van der Waals surface area contributed by atoms with Gasteiger partial charge in [0, 0.05) is 49.4 Å². The number of nitrogens with zero attached hydrogens (tertiary/aromatic N) is 3. The number of fused-ring (bicyclic) bond motifs is 1. The normalized spacial score (nSPS) is 24.2. The van der Waals surface area contributed by atoms with Gasteiger partial charge in [-0.15, -0.1) is 0 Å². The summed E-state index contributed by atoms with van der Waals surface area (Å²) < 4.78 is 0. The van der Waals surface area contributed by atoms with Crippen LogP contribution in [-0.4, -0.2) is 53.0 Å². The monoisotopic (exact) mass is 421 g/mol. The number of rotatable bonds is 4. The van der Waals surface area contributed by atoms with E-state index in [2.05, 4.69) is 25.8 Å². The fraction of sp³-hybridized carbons (Fsp3) is 0.542. The van der Waals surface area contributed by atoms with Crippen molar-refractivity contribution in [2.75, 3.05) is 31.1 Å². The second-order valence-electron chi connectivity index (χ2n) is 9.22. The molecule has 3 N–H and O–H groups in total. The van der Waals surface area contributed by atoms with Crippen molar-refractivity contribution < 1.29 is 4.79 Å². The van der Waals surface area contributed by atoms with Crippen LogP contribution in [0.25, 0.3) is 0 Å². The van der Waals surface area contributed by atoms with Crippen LogP contribution in [0.1, 0.15) is 65.3 Å². The third kappa shape index (κ3) is 4.11. The van der Waals surface area contributed by atoms with Crippen LogP contribution in [0.3, 0.4) is 0 Å². The van der Waals surface area contributed by atoms with Gasteiger partial charge < -0.3 is 15.6 Å². The van der Waals surface area contributed by atoms with Crippen LogP contribution in [0.15, 0.2) is 29.2 Å². The van der Waals surface area contributed by atoms with Crippen LogP contribution in [0, 0.1) is 0 Å². The van der Waals surface area contributed by atoms with Crippen molar-refractivity contribution in [3.8, 4) is 0 Å². The summed E-state index contributed by atoms with van der Waals surface area (Å²) in [7, 11) is 0. The van der Waals surface area contributed by atoms with E-state index in [0.717, 1.165) is 75.2 Å². The maximum atomic E-state index is 12.6. The Morgan fingerprint density at radius 2 is 1.90 bits per heavy atom. The minimum atomic E-state index is -0.493. The van der Waals surface area contributed by atoms with E-state index in [1.807, 2.05) is 6.07 Å². The van der Waals surface area contributed by atoms with Crippen LogP contribution in [-0.2, 0) is 12.8 Å². The van der Waals surface area contributed by atoms with Crippen molar-refractivity contribution in [2.45, 2.75) is 56.9 Å². The fourth-order valence-corrected chi connectivity index (χ4v) is 5.63. The Kier molecular flexibility index (Phi) is 5.52. The smallest absolute Gasteiger partial charge is 0.267 e. The van der Waals surface area contributed by atoms with Gasteiger partial charge in [0.15, 0.2) is 0 Å². The molecular weight excluding hydrogens is 390 g/mol. The van der Waals surface area contributed by atoms with Crippen molar-refractivity contribution in [3.05, 3.63) is 57.3 Å². The zero-order valence-electron chi connectivity index (χ0n) is 18.0. The Hall–Kier alpha value is -2.67. The Morgan fingerprint density at radius 1 is 1.10 bits per heavy atom. The number of H-pyrrole nitrogens is 1. The summed E-state index contributed by atoms with van der Waals surface area (Å²) in [4.78, 5) is 36.1. The highest BCUT2D eigenvalue weighted by Crippen LogP contribution is 2.37. The molecule has 2 aliphatic carbocycles. The van der Waals surface area contributed by atoms with Gasteiger partial charge in [-0.2, -0.15) is 0 Å². The molecule has 0 aromatic carbocycles. The number of amides is 1. The molecule has 0 spiro atoms. The number of nitrogens with one attached hydrogen (secondary N) is 1. The lowest BCUT2D eigenvalue weighted by molar-refractivity contribution is 0.0995. The molecule has 0 radical (unpaired) electrons. The molecule has 3 aliphatic rings. The molecule has 5 rings (SSSR count). The first-order valence-corrected chi connectivity index (χ1v) is 11.6. The van der Waals surface area contributed by atoms with Crippen LogP contribution < -0.4 is 16.2 Å². The molecule has 0 bridgehead atoms. The molecule has 7 nitrogen and oxygen atoms in total. The predicted molar refractivity (Wildman–Crippen MR) is 121 cm³/mol. The second kappa shape index (κ2) is 8.46. The van der Waals surface area contributed by atoms with E-state index in [1.165, 1.54) is 18.4 Å². The van der Waals surface area contributed by atoms with E-state index in [1.54, 1.807) is 12.3 Å². The molecule has 7 heteroatoms. The Balaban J connectivity index is 1.19. The third-order valence-corrected chi connectivity index (χ3v) is 7.41. The average Bonchev–Trinajstić information content (AvgIpc) is 3.30. The molecule has 2 fully saturated rings. The summed E-state index contributed by atoms with van der Waals surface area (Å²) in [5, 5.41) is 0. The van der Waals surface area contributed by atoms with Gasteiger partial charge >= 0.3 is 0 Å². The topological polar surface area (TPSA) is 95.3 Å². The van der Waals surface area contributed by atoms with Crippen molar-refractivity contribution in [2.24, 2.45) is 5.73 Å². The van der Waals surface area contributed by atoms with E-state index >= 15 is 0 Å².